The number of hydrogen-bond donors (Lipinski definition) is 2. The first kappa shape index (κ1) is 18.9. The number of ether oxygens (including phenoxy) is 2. The Bertz CT molecular complexity index is 401. The molecule has 0 aliphatic rings. The smallest absolute Gasteiger partial charge is 0.407 e. The number of azide groups is 1. The van der Waals surface area contributed by atoms with Crippen LogP contribution in [-0.4, -0.2) is 36.5 Å². The van der Waals surface area contributed by atoms with Gasteiger partial charge in [-0.25, -0.2) is 9.59 Å². The first-order valence-corrected chi connectivity index (χ1v) is 6.60. The normalized spacial score (nSPS) is 13.5. The Morgan fingerprint density at radius 2 is 2.00 bits per heavy atom. The van der Waals surface area contributed by atoms with Crippen LogP contribution in [0.4, 0.5) is 9.59 Å². The zero-order valence-corrected chi connectivity index (χ0v) is 12.8. The maximum atomic E-state index is 11.6. The Kier molecular flexibility index (Phi) is 8.00. The number of carbonyl (C=O) groups is 2. The fourth-order valence-electron chi connectivity index (χ4n) is 1.45. The van der Waals surface area contributed by atoms with Gasteiger partial charge in [0.05, 0.1) is 6.04 Å². The highest BCUT2D eigenvalue weighted by molar-refractivity contribution is 5.68. The van der Waals surface area contributed by atoms with E-state index in [-0.39, 0.29) is 12.6 Å². The minimum absolute atomic E-state index is 0.0848. The van der Waals surface area contributed by atoms with Crippen molar-refractivity contribution in [2.45, 2.75) is 58.2 Å². The molecule has 0 rings (SSSR count). The topological polar surface area (TPSA) is 139 Å². The summed E-state index contributed by atoms with van der Waals surface area (Å²) >= 11 is 0. The predicted octanol–water partition coefficient (Wildman–Crippen LogP) is 2.45. The maximum Gasteiger partial charge on any atom is 0.407 e. The van der Waals surface area contributed by atoms with Gasteiger partial charge in [-0.05, 0) is 46.1 Å². The molecule has 0 radical (unpaired) electrons. The van der Waals surface area contributed by atoms with Crippen molar-refractivity contribution in [3.8, 4) is 0 Å². The quantitative estimate of drug-likeness (QED) is 0.423. The van der Waals surface area contributed by atoms with Crippen LogP contribution in [-0.2, 0) is 9.47 Å². The minimum Gasteiger partial charge on any atom is -0.449 e. The van der Waals surface area contributed by atoms with E-state index in [2.05, 4.69) is 20.1 Å². The molecule has 2 atom stereocenters. The van der Waals surface area contributed by atoms with Crippen molar-refractivity contribution >= 4 is 12.2 Å². The molecule has 0 aliphatic carbocycles. The molecule has 0 fully saturated rings. The molecule has 0 saturated heterocycles. The molecule has 0 aliphatic heterocycles. The number of nitrogens with zero attached hydrogens (tertiary/aromatic N) is 3. The summed E-state index contributed by atoms with van der Waals surface area (Å²) < 4.78 is 9.72. The summed E-state index contributed by atoms with van der Waals surface area (Å²) in [5, 5.41) is 6.18. The first-order valence-electron chi connectivity index (χ1n) is 6.60. The molecule has 0 heterocycles. The lowest BCUT2D eigenvalue weighted by atomic mass is 10.1. The van der Waals surface area contributed by atoms with E-state index in [0.717, 1.165) is 0 Å². The van der Waals surface area contributed by atoms with Gasteiger partial charge >= 0.3 is 12.2 Å². The molecule has 0 spiro atoms. The monoisotopic (exact) mass is 301 g/mol. The Morgan fingerprint density at radius 1 is 1.38 bits per heavy atom. The molecule has 21 heavy (non-hydrogen) atoms. The Hall–Kier alpha value is -2.15. The predicted molar refractivity (Wildman–Crippen MR) is 76.5 cm³/mol. The molecule has 0 bridgehead atoms. The largest absolute Gasteiger partial charge is 0.449 e. The molecule has 120 valence electrons. The van der Waals surface area contributed by atoms with E-state index >= 15 is 0 Å². The van der Waals surface area contributed by atoms with Gasteiger partial charge in [-0.2, -0.15) is 0 Å². The van der Waals surface area contributed by atoms with E-state index in [1.165, 1.54) is 0 Å². The number of alkyl carbamates (subject to hydrolysis) is 1. The summed E-state index contributed by atoms with van der Waals surface area (Å²) in [5.41, 5.74) is 12.7. The van der Waals surface area contributed by atoms with E-state index in [1.807, 2.05) is 0 Å². The van der Waals surface area contributed by atoms with Crippen LogP contribution in [0.2, 0.25) is 0 Å². The van der Waals surface area contributed by atoms with Crippen LogP contribution in [0.1, 0.15) is 40.5 Å². The molecule has 0 aromatic heterocycles. The van der Waals surface area contributed by atoms with Crippen molar-refractivity contribution in [1.29, 1.82) is 0 Å². The Balaban J connectivity index is 4.18. The summed E-state index contributed by atoms with van der Waals surface area (Å²) in [7, 11) is 0. The summed E-state index contributed by atoms with van der Waals surface area (Å²) in [6.45, 7) is 7.03. The molecular formula is C12H23N5O4. The lowest BCUT2D eigenvalue weighted by Gasteiger charge is -2.22. The maximum absolute atomic E-state index is 11.6. The highest BCUT2D eigenvalue weighted by Crippen LogP contribution is 2.09. The molecule has 9 nitrogen and oxygen atoms in total. The third-order valence-corrected chi connectivity index (χ3v) is 2.33. The zero-order valence-electron chi connectivity index (χ0n) is 12.8. The van der Waals surface area contributed by atoms with Crippen LogP contribution < -0.4 is 11.1 Å². The number of rotatable bonds is 7. The summed E-state index contributed by atoms with van der Waals surface area (Å²) in [6, 6.07) is -0.699. The van der Waals surface area contributed by atoms with Gasteiger partial charge in [0.25, 0.3) is 0 Å². The minimum atomic E-state index is -0.923. The fourth-order valence-corrected chi connectivity index (χ4v) is 1.45. The third kappa shape index (κ3) is 11.4. The Labute approximate surface area is 123 Å². The van der Waals surface area contributed by atoms with Gasteiger partial charge in [0.1, 0.15) is 12.2 Å². The summed E-state index contributed by atoms with van der Waals surface area (Å²) in [6.07, 6.45) is -0.462. The zero-order chi connectivity index (χ0) is 16.5. The van der Waals surface area contributed by atoms with Crippen LogP contribution in [0.15, 0.2) is 5.11 Å². The molecule has 2 amide bonds. The van der Waals surface area contributed by atoms with Crippen molar-refractivity contribution in [2.24, 2.45) is 10.8 Å². The number of amides is 2. The van der Waals surface area contributed by atoms with Gasteiger partial charge in [0, 0.05) is 11.0 Å². The van der Waals surface area contributed by atoms with Crippen LogP contribution in [0.25, 0.3) is 10.4 Å². The standard InChI is InChI=1S/C12H23N5O4/c1-8(15-11(19)21-12(2,3)4)5-6-9(16-17-14)7-20-10(13)18/h8-9H,5-7H2,1-4H3,(H2,13,18)(H,15,19). The second-order valence-corrected chi connectivity index (χ2v) is 5.61. The number of carbonyl (C=O) groups excluding carboxylic acids is 2. The van der Waals surface area contributed by atoms with Crippen molar-refractivity contribution < 1.29 is 19.1 Å². The van der Waals surface area contributed by atoms with Crippen molar-refractivity contribution in [3.05, 3.63) is 10.4 Å². The second-order valence-electron chi connectivity index (χ2n) is 5.61. The lowest BCUT2D eigenvalue weighted by Crippen LogP contribution is -2.38. The molecule has 9 heteroatoms. The third-order valence-electron chi connectivity index (χ3n) is 2.33. The lowest BCUT2D eigenvalue weighted by molar-refractivity contribution is 0.0505. The molecule has 0 aromatic rings. The van der Waals surface area contributed by atoms with Crippen molar-refractivity contribution in [3.63, 3.8) is 0 Å². The van der Waals surface area contributed by atoms with Gasteiger partial charge in [0.15, 0.2) is 0 Å². The fraction of sp³-hybridized carbons (Fsp3) is 0.833. The number of primary amides is 1. The van der Waals surface area contributed by atoms with Gasteiger partial charge in [0.2, 0.25) is 0 Å². The molecule has 3 N–H and O–H groups in total. The highest BCUT2D eigenvalue weighted by atomic mass is 16.6. The van der Waals surface area contributed by atoms with Crippen LogP contribution in [0.3, 0.4) is 0 Å². The van der Waals surface area contributed by atoms with Crippen molar-refractivity contribution in [2.75, 3.05) is 6.61 Å². The van der Waals surface area contributed by atoms with Gasteiger partial charge in [-0.15, -0.1) is 0 Å². The van der Waals surface area contributed by atoms with E-state index in [9.17, 15) is 9.59 Å². The van der Waals surface area contributed by atoms with E-state index in [0.29, 0.717) is 12.8 Å². The summed E-state index contributed by atoms with van der Waals surface area (Å²) in [4.78, 5) is 24.8. The number of nitrogens with two attached hydrogens (primary N) is 1. The first-order chi connectivity index (χ1) is 9.64. The van der Waals surface area contributed by atoms with Crippen LogP contribution >= 0.6 is 0 Å². The molecule has 2 unspecified atom stereocenters. The number of nitrogens with one attached hydrogen (secondary N) is 1. The van der Waals surface area contributed by atoms with Crippen molar-refractivity contribution in [1.82, 2.24) is 5.32 Å². The van der Waals surface area contributed by atoms with Crippen LogP contribution in [0.5, 0.6) is 0 Å². The Morgan fingerprint density at radius 3 is 2.48 bits per heavy atom. The summed E-state index contributed by atoms with van der Waals surface area (Å²) in [5.74, 6) is 0. The van der Waals surface area contributed by atoms with E-state index < -0.39 is 23.8 Å². The van der Waals surface area contributed by atoms with Gasteiger partial charge < -0.3 is 20.5 Å². The molecular weight excluding hydrogens is 278 g/mol. The average molecular weight is 301 g/mol. The van der Waals surface area contributed by atoms with E-state index in [1.54, 1.807) is 27.7 Å². The SMILES string of the molecule is CC(CCC(COC(N)=O)N=[N+]=[N-])NC(=O)OC(C)(C)C. The average Bonchev–Trinajstić information content (AvgIpc) is 2.29. The van der Waals surface area contributed by atoms with Gasteiger partial charge in [-0.1, -0.05) is 5.11 Å². The van der Waals surface area contributed by atoms with E-state index in [4.69, 9.17) is 16.0 Å². The molecule has 0 aromatic carbocycles. The van der Waals surface area contributed by atoms with Crippen LogP contribution in [0, 0.1) is 0 Å². The second kappa shape index (κ2) is 8.91. The highest BCUT2D eigenvalue weighted by Gasteiger charge is 2.18. The molecule has 0 saturated carbocycles. The van der Waals surface area contributed by atoms with Gasteiger partial charge in [-0.3, -0.25) is 0 Å². The number of hydrogen-bond acceptors (Lipinski definition) is 5.